The molecule has 1 rings (SSSR count). The second kappa shape index (κ2) is 10.3. The molecule has 1 aliphatic rings. The summed E-state index contributed by atoms with van der Waals surface area (Å²) in [6, 6.07) is -0.602. The summed E-state index contributed by atoms with van der Waals surface area (Å²) in [6.45, 7) is 0. The molecule has 0 heterocycles. The van der Waals surface area contributed by atoms with Crippen molar-refractivity contribution in [2.24, 2.45) is 11.7 Å². The highest BCUT2D eigenvalue weighted by Crippen LogP contribution is 2.15. The minimum atomic E-state index is -0.602. The minimum Gasteiger partial charge on any atom is -0.275 e. The number of carbonyl (C=O) groups excluding carboxylic acids is 1. The van der Waals surface area contributed by atoms with Crippen LogP contribution in [0.15, 0.2) is 0 Å². The molecule has 0 aromatic rings. The molecule has 0 aromatic heterocycles. The second-order valence-electron chi connectivity index (χ2n) is 3.45. The summed E-state index contributed by atoms with van der Waals surface area (Å²) in [5, 5.41) is 0. The molecule has 0 aliphatic heterocycles. The van der Waals surface area contributed by atoms with E-state index in [-0.39, 0.29) is 0 Å². The van der Waals surface area contributed by atoms with Crippen LogP contribution in [0.25, 0.3) is 0 Å². The van der Waals surface area contributed by atoms with Crippen LogP contribution in [0.5, 0.6) is 0 Å². The Kier molecular flexibility index (Phi) is 9.68. The normalized spacial score (nSPS) is 16.7. The van der Waals surface area contributed by atoms with E-state index < -0.39 is 6.03 Å². The van der Waals surface area contributed by atoms with Crippen molar-refractivity contribution in [3.8, 4) is 0 Å². The van der Waals surface area contributed by atoms with Gasteiger partial charge in [-0.25, -0.2) is 16.5 Å². The minimum absolute atomic E-state index is 0.602. The van der Waals surface area contributed by atoms with Gasteiger partial charge < -0.3 is 0 Å². The lowest BCUT2D eigenvalue weighted by molar-refractivity contribution is 0.241. The highest BCUT2D eigenvalue weighted by atomic mass is 16.2. The van der Waals surface area contributed by atoms with Crippen LogP contribution in [-0.4, -0.2) is 6.03 Å². The molecule has 1 fully saturated rings. The van der Waals surface area contributed by atoms with Gasteiger partial charge in [0.1, 0.15) is 0 Å². The quantitative estimate of drug-likeness (QED) is 0.270. The lowest BCUT2D eigenvalue weighted by atomic mass is 10.0. The Bertz CT molecular complexity index is 111. The third kappa shape index (κ3) is 9.28. The fraction of sp³-hybridized carbons (Fsp3) is 0.889. The van der Waals surface area contributed by atoms with Crippen LogP contribution in [0.1, 0.15) is 51.4 Å². The Balaban J connectivity index is 0.000000255. The molecular formula is C9H22N4O. The van der Waals surface area contributed by atoms with Crippen LogP contribution in [0.2, 0.25) is 0 Å². The van der Waals surface area contributed by atoms with Gasteiger partial charge in [-0.1, -0.05) is 51.4 Å². The van der Waals surface area contributed by atoms with Gasteiger partial charge in [-0.2, -0.15) is 0 Å². The largest absolute Gasteiger partial charge is 0.343 e. The molecule has 5 heteroatoms. The summed E-state index contributed by atoms with van der Waals surface area (Å²) in [7, 11) is 0. The van der Waals surface area contributed by atoms with Gasteiger partial charge in [0.25, 0.3) is 0 Å². The predicted molar refractivity (Wildman–Crippen MR) is 57.0 cm³/mol. The van der Waals surface area contributed by atoms with E-state index in [2.05, 4.69) is 11.7 Å². The van der Waals surface area contributed by atoms with Crippen molar-refractivity contribution >= 4 is 6.03 Å². The number of carbonyl (C=O) groups is 1. The fourth-order valence-corrected chi connectivity index (χ4v) is 1.46. The van der Waals surface area contributed by atoms with E-state index in [4.69, 9.17) is 0 Å². The first-order valence-electron chi connectivity index (χ1n) is 5.28. The Morgan fingerprint density at radius 1 is 0.714 bits per heavy atom. The van der Waals surface area contributed by atoms with Crippen molar-refractivity contribution in [1.29, 1.82) is 0 Å². The monoisotopic (exact) mass is 202 g/mol. The molecule has 0 saturated heterocycles. The Hall–Kier alpha value is -0.810. The topological polar surface area (TPSA) is 93.2 Å². The van der Waals surface area contributed by atoms with Crippen LogP contribution in [0.4, 0.5) is 4.79 Å². The summed E-state index contributed by atoms with van der Waals surface area (Å²) >= 11 is 0. The van der Waals surface area contributed by atoms with Crippen molar-refractivity contribution < 1.29 is 4.79 Å². The van der Waals surface area contributed by atoms with Gasteiger partial charge in [0.2, 0.25) is 0 Å². The molecule has 1 aliphatic carbocycles. The highest BCUT2D eigenvalue weighted by molar-refractivity contribution is 5.72. The van der Waals surface area contributed by atoms with Gasteiger partial charge in [0.05, 0.1) is 0 Å². The van der Waals surface area contributed by atoms with Crippen LogP contribution in [-0.2, 0) is 0 Å². The first kappa shape index (κ1) is 13.2. The molecule has 0 aromatic carbocycles. The molecule has 5 nitrogen and oxygen atoms in total. The predicted octanol–water partition coefficient (Wildman–Crippen LogP) is 1.15. The average molecular weight is 202 g/mol. The van der Waals surface area contributed by atoms with E-state index in [0.717, 1.165) is 0 Å². The third-order valence-corrected chi connectivity index (χ3v) is 2.26. The highest BCUT2D eigenvalue weighted by Gasteiger charge is 1.95. The number of urea groups is 1. The molecular weight excluding hydrogens is 180 g/mol. The molecule has 6 N–H and O–H groups in total. The maximum Gasteiger partial charge on any atom is 0.343 e. The van der Waals surface area contributed by atoms with Gasteiger partial charge in [0, 0.05) is 0 Å². The van der Waals surface area contributed by atoms with E-state index in [1.165, 1.54) is 51.4 Å². The van der Waals surface area contributed by atoms with Crippen molar-refractivity contribution in [1.82, 2.24) is 10.9 Å². The van der Waals surface area contributed by atoms with E-state index in [0.29, 0.717) is 0 Å². The van der Waals surface area contributed by atoms with Crippen molar-refractivity contribution in [2.45, 2.75) is 51.4 Å². The Morgan fingerprint density at radius 2 is 0.929 bits per heavy atom. The zero-order valence-corrected chi connectivity index (χ0v) is 8.72. The van der Waals surface area contributed by atoms with Gasteiger partial charge in [-0.3, -0.25) is 10.9 Å². The number of amides is 2. The van der Waals surface area contributed by atoms with E-state index in [1.807, 2.05) is 0 Å². The number of hydrogen-bond donors (Lipinski definition) is 4. The van der Waals surface area contributed by atoms with Crippen LogP contribution in [0, 0.1) is 0 Å². The molecule has 14 heavy (non-hydrogen) atoms. The molecule has 0 spiro atoms. The summed E-state index contributed by atoms with van der Waals surface area (Å²) in [4.78, 5) is 9.71. The van der Waals surface area contributed by atoms with Gasteiger partial charge in [-0.05, 0) is 0 Å². The van der Waals surface area contributed by atoms with E-state index >= 15 is 0 Å². The fourth-order valence-electron chi connectivity index (χ4n) is 1.46. The lowest BCUT2D eigenvalue weighted by Crippen LogP contribution is -2.43. The third-order valence-electron chi connectivity index (χ3n) is 2.26. The lowest BCUT2D eigenvalue weighted by Gasteiger charge is -2.05. The number of nitrogens with one attached hydrogen (secondary N) is 2. The summed E-state index contributed by atoms with van der Waals surface area (Å²) < 4.78 is 0. The Labute approximate surface area is 85.5 Å². The maximum atomic E-state index is 9.71. The number of hydrazine groups is 2. The zero-order valence-electron chi connectivity index (χ0n) is 8.72. The van der Waals surface area contributed by atoms with Crippen molar-refractivity contribution in [3.63, 3.8) is 0 Å². The molecule has 0 atom stereocenters. The Morgan fingerprint density at radius 3 is 1.00 bits per heavy atom. The molecule has 0 radical (unpaired) electrons. The first-order valence-corrected chi connectivity index (χ1v) is 5.28. The maximum absolute atomic E-state index is 9.71. The smallest absolute Gasteiger partial charge is 0.275 e. The average Bonchev–Trinajstić information content (AvgIpc) is 2.16. The standard InChI is InChI=1S/C8H16.CH6N4O/c1-2-4-6-8-7-5-3-1;2-4-1(6)5-3/h1-8H2;2-3H2,(H2,4,5,6). The van der Waals surface area contributed by atoms with Crippen molar-refractivity contribution in [2.75, 3.05) is 0 Å². The summed E-state index contributed by atoms with van der Waals surface area (Å²) in [6.07, 6.45) is 12.0. The van der Waals surface area contributed by atoms with Crippen LogP contribution in [0.3, 0.4) is 0 Å². The number of nitrogens with two attached hydrogens (primary N) is 2. The van der Waals surface area contributed by atoms with Gasteiger partial charge in [0.15, 0.2) is 0 Å². The first-order chi connectivity index (χ1) is 6.81. The van der Waals surface area contributed by atoms with Crippen LogP contribution < -0.4 is 22.5 Å². The molecule has 0 unspecified atom stereocenters. The summed E-state index contributed by atoms with van der Waals surface area (Å²) in [5.74, 6) is 9.08. The van der Waals surface area contributed by atoms with Crippen molar-refractivity contribution in [3.05, 3.63) is 0 Å². The molecule has 2 amide bonds. The second-order valence-corrected chi connectivity index (χ2v) is 3.45. The number of rotatable bonds is 0. The number of hydrogen-bond acceptors (Lipinski definition) is 3. The SMILES string of the molecule is C1CCCCCCC1.NNC(=O)NN. The summed E-state index contributed by atoms with van der Waals surface area (Å²) in [5.41, 5.74) is 3.48. The van der Waals surface area contributed by atoms with E-state index in [9.17, 15) is 4.79 Å². The molecule has 84 valence electrons. The van der Waals surface area contributed by atoms with Crippen LogP contribution >= 0.6 is 0 Å². The van der Waals surface area contributed by atoms with E-state index in [1.54, 1.807) is 10.9 Å². The van der Waals surface area contributed by atoms with Gasteiger partial charge in [-0.15, -0.1) is 0 Å². The molecule has 1 saturated carbocycles. The zero-order chi connectivity index (χ0) is 10.6. The van der Waals surface area contributed by atoms with Gasteiger partial charge >= 0.3 is 6.03 Å². The molecule has 0 bridgehead atoms.